The van der Waals surface area contributed by atoms with Crippen LogP contribution in [0.5, 0.6) is 0 Å². The molecular weight excluding hydrogens is 456 g/mol. The van der Waals surface area contributed by atoms with E-state index in [-0.39, 0.29) is 11.5 Å². The first-order valence-electron chi connectivity index (χ1n) is 11.9. The van der Waals surface area contributed by atoms with Crippen LogP contribution in [0.25, 0.3) is 27.9 Å². The largest absolute Gasteiger partial charge is 0.361 e. The fourth-order valence-corrected chi connectivity index (χ4v) is 4.88. The molecule has 4 aromatic rings. The first kappa shape index (κ1) is 24.6. The molecule has 0 atom stereocenters. The molecule has 2 aromatic heterocycles. The molecule has 0 aliphatic carbocycles. The van der Waals surface area contributed by atoms with Crippen LogP contribution in [0, 0.1) is 0 Å². The van der Waals surface area contributed by atoms with Crippen molar-refractivity contribution < 1.29 is 9.53 Å². The molecule has 0 unspecified atom stereocenters. The number of carbonyl (C=O) groups excluding carboxylic acids is 1. The molecule has 0 radical (unpaired) electrons. The molecule has 0 saturated heterocycles. The Morgan fingerprint density at radius 1 is 1.11 bits per heavy atom. The highest BCUT2D eigenvalue weighted by atomic mass is 28.3. The van der Waals surface area contributed by atoms with Gasteiger partial charge in [-0.1, -0.05) is 63.5 Å². The van der Waals surface area contributed by atoms with Gasteiger partial charge in [-0.2, -0.15) is 0 Å². The molecule has 7 nitrogen and oxygen atoms in total. The van der Waals surface area contributed by atoms with E-state index < -0.39 is 8.07 Å². The summed E-state index contributed by atoms with van der Waals surface area (Å²) in [5.74, 6) is 0.217. The summed E-state index contributed by atoms with van der Waals surface area (Å²) in [5.41, 5.74) is 3.81. The zero-order valence-corrected chi connectivity index (χ0v) is 21.8. The Kier molecular flexibility index (Phi) is 7.04. The molecule has 0 aliphatic rings. The smallest absolute Gasteiger partial charge is 0.267 e. The first-order chi connectivity index (χ1) is 16.7. The number of carbonyl (C=O) groups is 1. The van der Waals surface area contributed by atoms with Gasteiger partial charge in [-0.15, -0.1) is 0 Å². The lowest BCUT2D eigenvalue weighted by atomic mass is 10.0. The minimum Gasteiger partial charge on any atom is -0.361 e. The number of nitrogens with zero attached hydrogens (tertiary/aromatic N) is 3. The van der Waals surface area contributed by atoms with E-state index in [1.165, 1.54) is 6.08 Å². The molecule has 0 spiro atoms. The molecule has 182 valence electrons. The van der Waals surface area contributed by atoms with Gasteiger partial charge in [0.2, 0.25) is 11.7 Å². The second kappa shape index (κ2) is 10.0. The third kappa shape index (κ3) is 4.99. The van der Waals surface area contributed by atoms with E-state index in [9.17, 15) is 9.59 Å². The maximum atomic E-state index is 14.0. The van der Waals surface area contributed by atoms with Gasteiger partial charge in [0, 0.05) is 25.9 Å². The molecule has 1 N–H and O–H groups in total. The molecule has 0 fully saturated rings. The molecule has 1 amide bonds. The standard InChI is InChI=1S/C27H32N4O3Si/c1-6-20-25(19-12-8-9-13-21(19)28-24(32)7-2)26(33)31-23-15-11-10-14-22(23)30(27(31)29-20)18-34-16-17-35(3,4)5/h7-15H,2,6,16-18H2,1,3-5H3,(H,28,32). The van der Waals surface area contributed by atoms with Crippen molar-refractivity contribution in [3.8, 4) is 11.1 Å². The quantitative estimate of drug-likeness (QED) is 0.197. The van der Waals surface area contributed by atoms with Crippen LogP contribution in [0.1, 0.15) is 12.6 Å². The minimum absolute atomic E-state index is 0.177. The van der Waals surface area contributed by atoms with Crippen molar-refractivity contribution in [3.63, 3.8) is 0 Å². The highest BCUT2D eigenvalue weighted by molar-refractivity contribution is 6.76. The van der Waals surface area contributed by atoms with Crippen LogP contribution in [-0.2, 0) is 22.7 Å². The number of para-hydroxylation sites is 3. The third-order valence-electron chi connectivity index (χ3n) is 5.99. The Hall–Kier alpha value is -3.49. The summed E-state index contributed by atoms with van der Waals surface area (Å²) >= 11 is 0. The molecule has 4 rings (SSSR count). The number of imidazole rings is 1. The van der Waals surface area contributed by atoms with Gasteiger partial charge in [-0.3, -0.25) is 14.2 Å². The normalized spacial score (nSPS) is 11.8. The average Bonchev–Trinajstić information content (AvgIpc) is 3.15. The van der Waals surface area contributed by atoms with E-state index in [1.807, 2.05) is 54.0 Å². The summed E-state index contributed by atoms with van der Waals surface area (Å²) in [6.07, 6.45) is 1.77. The summed E-state index contributed by atoms with van der Waals surface area (Å²) < 4.78 is 9.68. The summed E-state index contributed by atoms with van der Waals surface area (Å²) in [6, 6.07) is 16.1. The molecule has 2 heterocycles. The van der Waals surface area contributed by atoms with Crippen LogP contribution < -0.4 is 10.9 Å². The molecule has 0 aliphatic heterocycles. The summed E-state index contributed by atoms with van der Waals surface area (Å²) in [7, 11) is -1.22. The fraction of sp³-hybridized carbons (Fsp3) is 0.296. The van der Waals surface area contributed by atoms with Crippen LogP contribution in [-0.4, -0.2) is 34.5 Å². The maximum absolute atomic E-state index is 14.0. The van der Waals surface area contributed by atoms with Crippen LogP contribution >= 0.6 is 0 Å². The van der Waals surface area contributed by atoms with Crippen molar-refractivity contribution in [2.24, 2.45) is 0 Å². The predicted octanol–water partition coefficient (Wildman–Crippen LogP) is 5.32. The fourth-order valence-electron chi connectivity index (χ4n) is 4.12. The summed E-state index contributed by atoms with van der Waals surface area (Å²) in [6.45, 7) is 13.5. The Morgan fingerprint density at radius 3 is 2.49 bits per heavy atom. The number of hydrogen-bond acceptors (Lipinski definition) is 4. The van der Waals surface area contributed by atoms with E-state index in [4.69, 9.17) is 9.72 Å². The zero-order chi connectivity index (χ0) is 25.2. The van der Waals surface area contributed by atoms with Gasteiger partial charge in [0.05, 0.1) is 22.3 Å². The molecule has 8 heteroatoms. The van der Waals surface area contributed by atoms with Crippen LogP contribution in [0.2, 0.25) is 25.7 Å². The van der Waals surface area contributed by atoms with Crippen molar-refractivity contribution in [1.82, 2.24) is 14.0 Å². The van der Waals surface area contributed by atoms with Crippen molar-refractivity contribution >= 4 is 36.5 Å². The number of ether oxygens (including phenoxy) is 1. The Morgan fingerprint density at radius 2 is 1.80 bits per heavy atom. The SMILES string of the molecule is C=CC(=O)Nc1ccccc1-c1c(CC)nc2n(COCC[Si](C)(C)C)c3ccccc3n2c1=O. The molecule has 2 aromatic carbocycles. The first-order valence-corrected chi connectivity index (χ1v) is 15.6. The van der Waals surface area contributed by atoms with Crippen LogP contribution in [0.4, 0.5) is 5.69 Å². The minimum atomic E-state index is -1.22. The molecule has 35 heavy (non-hydrogen) atoms. The molecule has 0 saturated carbocycles. The maximum Gasteiger partial charge on any atom is 0.267 e. The van der Waals surface area contributed by atoms with Gasteiger partial charge in [0.15, 0.2) is 0 Å². The number of nitrogens with one attached hydrogen (secondary N) is 1. The van der Waals surface area contributed by atoms with Gasteiger partial charge in [-0.05, 0) is 36.7 Å². The van der Waals surface area contributed by atoms with E-state index >= 15 is 0 Å². The lowest BCUT2D eigenvalue weighted by Gasteiger charge is -2.16. The van der Waals surface area contributed by atoms with Gasteiger partial charge in [0.25, 0.3) is 5.56 Å². The number of benzene rings is 2. The van der Waals surface area contributed by atoms with Crippen LogP contribution in [0.3, 0.4) is 0 Å². The topological polar surface area (TPSA) is 77.6 Å². The second-order valence-corrected chi connectivity index (χ2v) is 15.4. The Balaban J connectivity index is 1.90. The monoisotopic (exact) mass is 488 g/mol. The number of hydrogen-bond donors (Lipinski definition) is 1. The Labute approximate surface area is 206 Å². The lowest BCUT2D eigenvalue weighted by Crippen LogP contribution is -2.23. The number of fused-ring (bicyclic) bond motifs is 3. The Bertz CT molecular complexity index is 1460. The number of rotatable bonds is 9. The molecular formula is C27H32N4O3Si. The van der Waals surface area contributed by atoms with E-state index in [0.29, 0.717) is 48.0 Å². The van der Waals surface area contributed by atoms with Crippen molar-refractivity contribution in [3.05, 3.63) is 77.2 Å². The van der Waals surface area contributed by atoms with Crippen molar-refractivity contribution in [1.29, 1.82) is 0 Å². The predicted molar refractivity (Wildman–Crippen MR) is 145 cm³/mol. The van der Waals surface area contributed by atoms with Gasteiger partial charge < -0.3 is 10.1 Å². The number of aromatic nitrogens is 3. The highest BCUT2D eigenvalue weighted by Gasteiger charge is 2.22. The number of aryl methyl sites for hydroxylation is 1. The van der Waals surface area contributed by atoms with E-state index in [0.717, 1.165) is 17.1 Å². The number of amides is 1. The van der Waals surface area contributed by atoms with E-state index in [2.05, 4.69) is 31.5 Å². The summed E-state index contributed by atoms with van der Waals surface area (Å²) in [5, 5.41) is 2.82. The summed E-state index contributed by atoms with van der Waals surface area (Å²) in [4.78, 5) is 31.0. The lowest BCUT2D eigenvalue weighted by molar-refractivity contribution is -0.111. The van der Waals surface area contributed by atoms with Crippen molar-refractivity contribution in [2.75, 3.05) is 11.9 Å². The van der Waals surface area contributed by atoms with Gasteiger partial charge in [0.1, 0.15) is 6.73 Å². The van der Waals surface area contributed by atoms with E-state index in [1.54, 1.807) is 10.5 Å². The average molecular weight is 489 g/mol. The van der Waals surface area contributed by atoms with Crippen molar-refractivity contribution in [2.45, 2.75) is 45.8 Å². The second-order valence-electron chi connectivity index (χ2n) is 9.73. The van der Waals surface area contributed by atoms with Gasteiger partial charge >= 0.3 is 0 Å². The number of anilines is 1. The zero-order valence-electron chi connectivity index (χ0n) is 20.8. The van der Waals surface area contributed by atoms with Gasteiger partial charge in [-0.25, -0.2) is 9.38 Å². The molecule has 0 bridgehead atoms. The third-order valence-corrected chi connectivity index (χ3v) is 7.69. The van der Waals surface area contributed by atoms with Crippen LogP contribution in [0.15, 0.2) is 66.0 Å². The highest BCUT2D eigenvalue weighted by Crippen LogP contribution is 2.29.